The third kappa shape index (κ3) is 8.35. The third-order valence-electron chi connectivity index (χ3n) is 16.4. The molecule has 0 unspecified atom stereocenters. The maximum atomic E-state index is 3.91. The van der Waals surface area contributed by atoms with Crippen molar-refractivity contribution < 1.29 is 0 Å². The summed E-state index contributed by atoms with van der Waals surface area (Å²) < 4.78 is 0. The fraction of sp³-hybridized carbons (Fsp3) is 0.288. The highest BCUT2D eigenvalue weighted by Crippen LogP contribution is 2.42. The lowest BCUT2D eigenvalue weighted by Gasteiger charge is -2.30. The standard InChI is InChI=1S/C59H62B3N3/c1-60(44-14-7-8-15-44)47-22-30-51(31-23-47)64(50-28-20-43(21-29-50)42-12-5-4-6-13-42)54-36-38-56-57-39-37-55(41-59(57)63-58(56)40-54)65(53-34-26-49(27-35-53)62(3)46-18-11-19-46)52-32-24-48(25-33-52)61(2)45-16-9-10-17-45/h4-6,12-13,20-41,44-46,63H,7-11,14-19H2,1-3H3. The highest BCUT2D eigenvalue weighted by Gasteiger charge is 2.29. The molecule has 0 spiro atoms. The van der Waals surface area contributed by atoms with Crippen molar-refractivity contribution >= 4 is 92.5 Å². The minimum Gasteiger partial charge on any atom is -0.354 e. The lowest BCUT2D eigenvalue weighted by molar-refractivity contribution is 0.496. The summed E-state index contributed by atoms with van der Waals surface area (Å²) in [6.45, 7) is 9.07. The molecule has 65 heavy (non-hydrogen) atoms. The fourth-order valence-electron chi connectivity index (χ4n) is 11.9. The lowest BCUT2D eigenvalue weighted by atomic mass is 9.35. The molecule has 0 aliphatic heterocycles. The zero-order valence-electron chi connectivity index (χ0n) is 38.7. The van der Waals surface area contributed by atoms with Crippen LogP contribution in [0.3, 0.4) is 0 Å². The number of fused-ring (bicyclic) bond motifs is 3. The number of nitrogens with one attached hydrogen (secondary N) is 1. The summed E-state index contributed by atoms with van der Waals surface area (Å²) in [5.74, 6) is 2.41. The molecule has 0 radical (unpaired) electrons. The molecule has 8 aromatic rings. The second-order valence-corrected chi connectivity index (χ2v) is 20.1. The number of rotatable bonds is 13. The number of hydrogen-bond acceptors (Lipinski definition) is 2. The molecule has 0 saturated heterocycles. The van der Waals surface area contributed by atoms with Crippen LogP contribution in [0.1, 0.15) is 70.6 Å². The summed E-state index contributed by atoms with van der Waals surface area (Å²) in [4.78, 5) is 8.79. The first-order chi connectivity index (χ1) is 31.9. The zero-order valence-corrected chi connectivity index (χ0v) is 38.7. The van der Waals surface area contributed by atoms with Crippen LogP contribution in [-0.4, -0.2) is 25.1 Å². The summed E-state index contributed by atoms with van der Waals surface area (Å²) in [7, 11) is 0. The van der Waals surface area contributed by atoms with Crippen molar-refractivity contribution in [2.24, 2.45) is 0 Å². The first-order valence-corrected chi connectivity index (χ1v) is 25.1. The Morgan fingerprint density at radius 2 is 0.677 bits per heavy atom. The summed E-state index contributed by atoms with van der Waals surface area (Å²) in [5.41, 5.74) is 16.1. The van der Waals surface area contributed by atoms with E-state index in [1.54, 1.807) is 0 Å². The Hall–Kier alpha value is -5.87. The Morgan fingerprint density at radius 1 is 0.354 bits per heavy atom. The van der Waals surface area contributed by atoms with Gasteiger partial charge in [0.25, 0.3) is 0 Å². The number of H-pyrrole nitrogens is 1. The van der Waals surface area contributed by atoms with Gasteiger partial charge in [0.15, 0.2) is 20.1 Å². The van der Waals surface area contributed by atoms with Crippen LogP contribution < -0.4 is 26.2 Å². The molecule has 0 atom stereocenters. The van der Waals surface area contributed by atoms with Crippen LogP contribution in [0.2, 0.25) is 37.9 Å². The number of hydrogen-bond donors (Lipinski definition) is 1. The highest BCUT2D eigenvalue weighted by atomic mass is 15.1. The Morgan fingerprint density at radius 3 is 1.03 bits per heavy atom. The number of aromatic amines is 1. The molecule has 0 bridgehead atoms. The molecule has 0 amide bonds. The Balaban J connectivity index is 0.954. The van der Waals surface area contributed by atoms with Crippen molar-refractivity contribution in [1.82, 2.24) is 4.98 Å². The fourth-order valence-corrected chi connectivity index (χ4v) is 11.9. The van der Waals surface area contributed by atoms with E-state index in [4.69, 9.17) is 0 Å². The third-order valence-corrected chi connectivity index (χ3v) is 16.4. The molecule has 7 aromatic carbocycles. The molecule has 322 valence electrons. The van der Waals surface area contributed by atoms with Gasteiger partial charge in [-0.2, -0.15) is 0 Å². The predicted octanol–water partition coefficient (Wildman–Crippen LogP) is 15.4. The first kappa shape index (κ1) is 41.8. The van der Waals surface area contributed by atoms with Crippen LogP contribution in [0.4, 0.5) is 34.1 Å². The van der Waals surface area contributed by atoms with Gasteiger partial charge < -0.3 is 14.8 Å². The Kier molecular flexibility index (Phi) is 11.7. The first-order valence-electron chi connectivity index (χ1n) is 25.1. The van der Waals surface area contributed by atoms with Crippen LogP contribution in [0.15, 0.2) is 164 Å². The van der Waals surface area contributed by atoms with Gasteiger partial charge in [-0.25, -0.2) is 0 Å². The number of aromatic nitrogens is 1. The average Bonchev–Trinajstić information content (AvgIpc) is 4.15. The van der Waals surface area contributed by atoms with E-state index in [-0.39, 0.29) is 0 Å². The van der Waals surface area contributed by atoms with E-state index >= 15 is 0 Å². The van der Waals surface area contributed by atoms with E-state index < -0.39 is 0 Å². The Labute approximate surface area is 388 Å². The van der Waals surface area contributed by atoms with Gasteiger partial charge in [0.1, 0.15) is 0 Å². The summed E-state index contributed by atoms with van der Waals surface area (Å²) >= 11 is 0. The van der Waals surface area contributed by atoms with E-state index in [0.717, 1.165) is 45.5 Å². The van der Waals surface area contributed by atoms with Crippen molar-refractivity contribution in [3.05, 3.63) is 164 Å². The zero-order chi connectivity index (χ0) is 43.9. The van der Waals surface area contributed by atoms with Crippen molar-refractivity contribution in [1.29, 1.82) is 0 Å². The second kappa shape index (κ2) is 18.2. The van der Waals surface area contributed by atoms with Crippen LogP contribution >= 0.6 is 0 Å². The number of nitrogens with zero attached hydrogens (tertiary/aromatic N) is 2. The highest BCUT2D eigenvalue weighted by molar-refractivity contribution is 6.74. The van der Waals surface area contributed by atoms with Gasteiger partial charge in [-0.1, -0.05) is 216 Å². The molecule has 3 fully saturated rings. The van der Waals surface area contributed by atoms with E-state index in [1.807, 2.05) is 0 Å². The predicted molar refractivity (Wildman–Crippen MR) is 286 cm³/mol. The normalized spacial score (nSPS) is 15.7. The van der Waals surface area contributed by atoms with E-state index in [1.165, 1.54) is 126 Å². The van der Waals surface area contributed by atoms with Crippen LogP contribution in [0.5, 0.6) is 0 Å². The summed E-state index contributed by atoms with van der Waals surface area (Å²) in [6, 6.07) is 62.1. The van der Waals surface area contributed by atoms with Crippen molar-refractivity contribution in [3.8, 4) is 11.1 Å². The quantitative estimate of drug-likeness (QED) is 0.117. The molecule has 6 heteroatoms. The molecule has 3 aliphatic rings. The van der Waals surface area contributed by atoms with Crippen LogP contribution in [0, 0.1) is 0 Å². The second-order valence-electron chi connectivity index (χ2n) is 20.1. The van der Waals surface area contributed by atoms with Gasteiger partial charge >= 0.3 is 0 Å². The number of anilines is 6. The van der Waals surface area contributed by atoms with Gasteiger partial charge in [0.05, 0.1) is 0 Å². The molecule has 1 N–H and O–H groups in total. The number of benzene rings is 7. The molecule has 3 nitrogen and oxygen atoms in total. The molecule has 3 saturated carbocycles. The molecular weight excluding hydrogens is 783 g/mol. The van der Waals surface area contributed by atoms with Crippen molar-refractivity contribution in [2.75, 3.05) is 9.80 Å². The van der Waals surface area contributed by atoms with E-state index in [0.29, 0.717) is 20.1 Å². The van der Waals surface area contributed by atoms with Gasteiger partial charge in [-0.15, -0.1) is 0 Å². The van der Waals surface area contributed by atoms with Gasteiger partial charge in [-0.05, 0) is 83.9 Å². The van der Waals surface area contributed by atoms with E-state index in [9.17, 15) is 0 Å². The minimum atomic E-state index is 0.582. The molecule has 11 rings (SSSR count). The molecule has 1 heterocycles. The molecular formula is C59H62B3N3. The summed E-state index contributed by atoms with van der Waals surface area (Å²) in [6.07, 6.45) is 15.0. The van der Waals surface area contributed by atoms with Gasteiger partial charge in [0.2, 0.25) is 0 Å². The lowest BCUT2D eigenvalue weighted by Crippen LogP contribution is -2.35. The van der Waals surface area contributed by atoms with Crippen molar-refractivity contribution in [3.63, 3.8) is 0 Å². The van der Waals surface area contributed by atoms with Crippen LogP contribution in [-0.2, 0) is 0 Å². The smallest absolute Gasteiger partial charge is 0.175 e. The molecule has 3 aliphatic carbocycles. The largest absolute Gasteiger partial charge is 0.354 e. The van der Waals surface area contributed by atoms with Gasteiger partial charge in [0, 0.05) is 55.9 Å². The SMILES string of the molecule is CB(c1ccc(N(c2ccc(B(C)C3CCC3)cc2)c2ccc3c(c2)[nH]c2cc(N(c4ccc(B(C)C5CCCC5)cc4)c4ccc(-c5ccccc5)cc4)ccc23)cc1)C1CCCC1. The maximum Gasteiger partial charge on any atom is 0.175 e. The monoisotopic (exact) mass is 846 g/mol. The molecule has 1 aromatic heterocycles. The topological polar surface area (TPSA) is 22.3 Å². The van der Waals surface area contributed by atoms with Crippen molar-refractivity contribution in [2.45, 2.75) is 109 Å². The van der Waals surface area contributed by atoms with Crippen LogP contribution in [0.25, 0.3) is 32.9 Å². The minimum absolute atomic E-state index is 0.582. The summed E-state index contributed by atoms with van der Waals surface area (Å²) in [5, 5.41) is 2.48. The maximum absolute atomic E-state index is 3.91. The van der Waals surface area contributed by atoms with E-state index in [2.05, 4.69) is 199 Å². The average molecular weight is 846 g/mol. The van der Waals surface area contributed by atoms with Gasteiger partial charge in [-0.3, -0.25) is 0 Å². The Bertz CT molecular complexity index is 2860.